The lowest BCUT2D eigenvalue weighted by atomic mass is 9.89. The molecule has 0 spiro atoms. The molecule has 4 atom stereocenters. The molecule has 2 aliphatic carbocycles. The van der Waals surface area contributed by atoms with Crippen LogP contribution in [0.25, 0.3) is 0 Å². The van der Waals surface area contributed by atoms with Crippen molar-refractivity contribution in [3.63, 3.8) is 0 Å². The van der Waals surface area contributed by atoms with Crippen molar-refractivity contribution in [3.05, 3.63) is 0 Å². The van der Waals surface area contributed by atoms with Crippen LogP contribution in [0.2, 0.25) is 0 Å². The van der Waals surface area contributed by atoms with Crippen molar-refractivity contribution >= 4 is 12.0 Å². The Hall–Kier alpha value is -1.30. The molecule has 6 heteroatoms. The number of urea groups is 1. The van der Waals surface area contributed by atoms with Crippen molar-refractivity contribution in [2.75, 3.05) is 19.8 Å². The Labute approximate surface area is 118 Å². The van der Waals surface area contributed by atoms with Gasteiger partial charge in [-0.1, -0.05) is 6.42 Å². The summed E-state index contributed by atoms with van der Waals surface area (Å²) in [5.41, 5.74) is -1.25. The van der Waals surface area contributed by atoms with Crippen LogP contribution < -0.4 is 10.6 Å². The second kappa shape index (κ2) is 5.24. The van der Waals surface area contributed by atoms with Gasteiger partial charge in [0.1, 0.15) is 0 Å². The van der Waals surface area contributed by atoms with E-state index in [1.54, 1.807) is 0 Å². The Morgan fingerprint density at radius 1 is 1.30 bits per heavy atom. The fraction of sp³-hybridized carbons (Fsp3) is 0.857. The molecule has 6 nitrogen and oxygen atoms in total. The van der Waals surface area contributed by atoms with Crippen LogP contribution in [0.5, 0.6) is 0 Å². The summed E-state index contributed by atoms with van der Waals surface area (Å²) in [7, 11) is 0. The van der Waals surface area contributed by atoms with E-state index in [1.807, 2.05) is 0 Å². The zero-order valence-corrected chi connectivity index (χ0v) is 11.6. The van der Waals surface area contributed by atoms with Crippen LogP contribution in [0, 0.1) is 17.8 Å². The molecule has 112 valence electrons. The highest BCUT2D eigenvalue weighted by atomic mass is 16.5. The summed E-state index contributed by atoms with van der Waals surface area (Å²) in [6.07, 6.45) is 5.46. The molecule has 0 radical (unpaired) electrons. The Morgan fingerprint density at radius 3 is 2.70 bits per heavy atom. The summed E-state index contributed by atoms with van der Waals surface area (Å²) in [6.45, 7) is 1.08. The number of fused-ring (bicyclic) bond motifs is 2. The molecule has 20 heavy (non-hydrogen) atoms. The van der Waals surface area contributed by atoms with Crippen LogP contribution in [-0.2, 0) is 9.53 Å². The second-order valence-electron chi connectivity index (χ2n) is 6.46. The molecule has 0 aromatic heterocycles. The van der Waals surface area contributed by atoms with Crippen LogP contribution in [0.4, 0.5) is 4.79 Å². The standard InChI is InChI=1S/C14H22N2O4/c17-12(18)14(3-4-20-8-14)16-13(19)15-7-11-6-9-1-2-10(11)5-9/h9-11H,1-8H2,(H,17,18)(H2,15,16,19). The fourth-order valence-electron chi connectivity index (χ4n) is 4.00. The SMILES string of the molecule is O=C(NCC1CC2CCC1C2)NC1(C(=O)O)CCOC1. The minimum atomic E-state index is -1.25. The summed E-state index contributed by atoms with van der Waals surface area (Å²) in [5.74, 6) is 1.15. The number of rotatable bonds is 4. The number of carboxylic acids is 1. The predicted molar refractivity (Wildman–Crippen MR) is 71.3 cm³/mol. The first-order valence-electron chi connectivity index (χ1n) is 7.46. The van der Waals surface area contributed by atoms with Crippen LogP contribution in [-0.4, -0.2) is 42.4 Å². The van der Waals surface area contributed by atoms with Crippen molar-refractivity contribution in [2.45, 2.75) is 37.6 Å². The first kappa shape index (κ1) is 13.7. The maximum Gasteiger partial charge on any atom is 0.332 e. The van der Waals surface area contributed by atoms with E-state index in [-0.39, 0.29) is 12.6 Å². The Bertz CT molecular complexity index is 406. The van der Waals surface area contributed by atoms with E-state index in [2.05, 4.69) is 10.6 Å². The minimum absolute atomic E-state index is 0.0455. The van der Waals surface area contributed by atoms with Gasteiger partial charge in [-0.3, -0.25) is 0 Å². The van der Waals surface area contributed by atoms with E-state index in [1.165, 1.54) is 25.7 Å². The lowest BCUT2D eigenvalue weighted by Crippen LogP contribution is -2.58. The predicted octanol–water partition coefficient (Wildman–Crippen LogP) is 0.965. The average molecular weight is 282 g/mol. The number of hydrogen-bond acceptors (Lipinski definition) is 3. The summed E-state index contributed by atoms with van der Waals surface area (Å²) >= 11 is 0. The number of aliphatic carboxylic acids is 1. The van der Waals surface area contributed by atoms with E-state index in [4.69, 9.17) is 4.74 Å². The number of nitrogens with one attached hydrogen (secondary N) is 2. The van der Waals surface area contributed by atoms with Gasteiger partial charge < -0.3 is 20.5 Å². The van der Waals surface area contributed by atoms with Gasteiger partial charge >= 0.3 is 12.0 Å². The van der Waals surface area contributed by atoms with Crippen LogP contribution in [0.1, 0.15) is 32.1 Å². The van der Waals surface area contributed by atoms with Gasteiger partial charge in [0.15, 0.2) is 5.54 Å². The van der Waals surface area contributed by atoms with Crippen LogP contribution >= 0.6 is 0 Å². The van der Waals surface area contributed by atoms with E-state index < -0.39 is 11.5 Å². The first-order chi connectivity index (χ1) is 9.59. The zero-order valence-electron chi connectivity index (χ0n) is 11.6. The van der Waals surface area contributed by atoms with E-state index in [9.17, 15) is 14.7 Å². The van der Waals surface area contributed by atoms with Crippen molar-refractivity contribution in [1.82, 2.24) is 10.6 Å². The van der Waals surface area contributed by atoms with Crippen molar-refractivity contribution in [1.29, 1.82) is 0 Å². The molecule has 3 N–H and O–H groups in total. The van der Waals surface area contributed by atoms with Crippen molar-refractivity contribution < 1.29 is 19.4 Å². The van der Waals surface area contributed by atoms with Gasteiger partial charge in [0.2, 0.25) is 0 Å². The van der Waals surface area contributed by atoms with Crippen molar-refractivity contribution in [2.24, 2.45) is 17.8 Å². The normalized spacial score (nSPS) is 38.9. The van der Waals surface area contributed by atoms with E-state index >= 15 is 0 Å². The topological polar surface area (TPSA) is 87.7 Å². The molecule has 1 saturated heterocycles. The number of ether oxygens (including phenoxy) is 1. The highest BCUT2D eigenvalue weighted by Crippen LogP contribution is 2.47. The van der Waals surface area contributed by atoms with Gasteiger partial charge in [-0.2, -0.15) is 0 Å². The number of carbonyl (C=O) groups excluding carboxylic acids is 1. The smallest absolute Gasteiger partial charge is 0.332 e. The average Bonchev–Trinajstić information content (AvgIpc) is 3.12. The molecular weight excluding hydrogens is 260 g/mol. The van der Waals surface area contributed by atoms with Gasteiger partial charge in [-0.05, 0) is 37.0 Å². The Kier molecular flexibility index (Phi) is 3.58. The molecule has 3 aliphatic rings. The maximum absolute atomic E-state index is 11.9. The molecular formula is C14H22N2O4. The third-order valence-corrected chi connectivity index (χ3v) is 5.19. The monoisotopic (exact) mass is 282 g/mol. The van der Waals surface area contributed by atoms with Crippen molar-refractivity contribution in [3.8, 4) is 0 Å². The maximum atomic E-state index is 11.9. The molecule has 0 aromatic rings. The largest absolute Gasteiger partial charge is 0.479 e. The van der Waals surface area contributed by atoms with E-state index in [0.717, 1.165) is 11.8 Å². The molecule has 1 aliphatic heterocycles. The summed E-state index contributed by atoms with van der Waals surface area (Å²) < 4.78 is 5.12. The summed E-state index contributed by atoms with van der Waals surface area (Å²) in [4.78, 5) is 23.2. The molecule has 3 fully saturated rings. The Morgan fingerprint density at radius 2 is 2.15 bits per heavy atom. The molecule has 2 saturated carbocycles. The molecule has 4 unspecified atom stereocenters. The molecule has 2 bridgehead atoms. The summed E-state index contributed by atoms with van der Waals surface area (Å²) in [6, 6.07) is -0.388. The van der Waals surface area contributed by atoms with Gasteiger partial charge in [0.25, 0.3) is 0 Å². The molecule has 2 amide bonds. The van der Waals surface area contributed by atoms with Gasteiger partial charge in [0.05, 0.1) is 6.61 Å². The quantitative estimate of drug-likeness (QED) is 0.717. The highest BCUT2D eigenvalue weighted by molar-refractivity contribution is 5.86. The van der Waals surface area contributed by atoms with Gasteiger partial charge in [-0.15, -0.1) is 0 Å². The molecule has 1 heterocycles. The fourth-order valence-corrected chi connectivity index (χ4v) is 4.00. The lowest BCUT2D eigenvalue weighted by molar-refractivity contribution is -0.144. The third kappa shape index (κ3) is 2.49. The molecule has 3 rings (SSSR count). The number of hydrogen-bond donors (Lipinski definition) is 3. The van der Waals surface area contributed by atoms with Gasteiger partial charge in [0, 0.05) is 19.6 Å². The zero-order chi connectivity index (χ0) is 14.2. The first-order valence-corrected chi connectivity index (χ1v) is 7.46. The van der Waals surface area contributed by atoms with Crippen LogP contribution in [0.15, 0.2) is 0 Å². The highest BCUT2D eigenvalue weighted by Gasteiger charge is 2.44. The lowest BCUT2D eigenvalue weighted by Gasteiger charge is -2.26. The molecule has 0 aromatic carbocycles. The summed E-state index contributed by atoms with van der Waals surface area (Å²) in [5, 5.41) is 14.7. The Balaban J connectivity index is 1.48. The number of carbonyl (C=O) groups is 2. The number of amides is 2. The van der Waals surface area contributed by atoms with Gasteiger partial charge in [-0.25, -0.2) is 9.59 Å². The van der Waals surface area contributed by atoms with Crippen LogP contribution in [0.3, 0.4) is 0 Å². The minimum Gasteiger partial charge on any atom is -0.479 e. The second-order valence-corrected chi connectivity index (χ2v) is 6.46. The third-order valence-electron chi connectivity index (χ3n) is 5.19. The number of carboxylic acid groups (broad SMARTS) is 1. The van der Waals surface area contributed by atoms with E-state index in [0.29, 0.717) is 25.5 Å².